The van der Waals surface area contributed by atoms with Gasteiger partial charge in [0.2, 0.25) is 10.0 Å². The zero-order valence-electron chi connectivity index (χ0n) is 14.4. The summed E-state index contributed by atoms with van der Waals surface area (Å²) >= 11 is 0. The van der Waals surface area contributed by atoms with Gasteiger partial charge < -0.3 is 5.11 Å². The van der Waals surface area contributed by atoms with Crippen molar-refractivity contribution in [3.05, 3.63) is 29.8 Å². The lowest BCUT2D eigenvalue weighted by Gasteiger charge is -2.26. The molecule has 0 aliphatic heterocycles. The predicted octanol–water partition coefficient (Wildman–Crippen LogP) is 2.72. The van der Waals surface area contributed by atoms with Gasteiger partial charge in [-0.2, -0.15) is 0 Å². The first-order chi connectivity index (χ1) is 11.0. The lowest BCUT2D eigenvalue weighted by Crippen LogP contribution is -2.27. The topological polar surface area (TPSA) is 110 Å². The molecule has 0 atom stereocenters. The van der Waals surface area contributed by atoms with E-state index >= 15 is 0 Å². The fourth-order valence-electron chi connectivity index (χ4n) is 2.28. The third kappa shape index (κ3) is 6.05. The van der Waals surface area contributed by atoms with Crippen molar-refractivity contribution in [1.29, 1.82) is 0 Å². The molecule has 3 N–H and O–H groups in total. The molecule has 0 spiro atoms. The molecule has 6 nitrogen and oxygen atoms in total. The van der Waals surface area contributed by atoms with Gasteiger partial charge in [-0.1, -0.05) is 32.4 Å². The van der Waals surface area contributed by atoms with Crippen molar-refractivity contribution in [2.45, 2.75) is 56.8 Å². The number of unbranched alkanes of at least 4 members (excludes halogenated alkanes) is 2. The van der Waals surface area contributed by atoms with E-state index < -0.39 is 21.4 Å². The van der Waals surface area contributed by atoms with E-state index in [1.807, 2.05) is 26.8 Å². The number of rotatable bonds is 9. The number of carbonyl (C=O) groups is 1. The van der Waals surface area contributed by atoms with Crippen LogP contribution in [0, 0.1) is 0 Å². The Labute approximate surface area is 143 Å². The third-order valence-electron chi connectivity index (χ3n) is 4.19. The van der Waals surface area contributed by atoms with Crippen LogP contribution in [0.3, 0.4) is 0 Å². The number of aliphatic carboxylic acids is 1. The summed E-state index contributed by atoms with van der Waals surface area (Å²) in [5, 5.41) is 13.8. The molecular formula is C17H26N2O4S. The molecule has 0 amide bonds. The highest BCUT2D eigenvalue weighted by Crippen LogP contribution is 2.27. The summed E-state index contributed by atoms with van der Waals surface area (Å²) in [4.78, 5) is 15.1. The zero-order valence-corrected chi connectivity index (χ0v) is 15.3. The van der Waals surface area contributed by atoms with Crippen LogP contribution in [0.4, 0.5) is 0 Å². The first-order valence-electron chi connectivity index (χ1n) is 7.92. The van der Waals surface area contributed by atoms with Gasteiger partial charge in [0.1, 0.15) is 0 Å². The molecule has 0 aliphatic rings. The number of sulfonamides is 1. The molecule has 24 heavy (non-hydrogen) atoms. The molecule has 0 unspecified atom stereocenters. The molecule has 0 heterocycles. The summed E-state index contributed by atoms with van der Waals surface area (Å²) in [5.74, 6) is -0.773. The van der Waals surface area contributed by atoms with Gasteiger partial charge in [0.25, 0.3) is 0 Å². The van der Waals surface area contributed by atoms with Crippen LogP contribution in [0.1, 0.15) is 52.0 Å². The number of hydrogen-bond acceptors (Lipinski definition) is 4. The van der Waals surface area contributed by atoms with Crippen molar-refractivity contribution in [3.63, 3.8) is 0 Å². The summed E-state index contributed by atoms with van der Waals surface area (Å²) < 4.78 is 23.0. The van der Waals surface area contributed by atoms with Crippen molar-refractivity contribution >= 4 is 21.7 Å². The molecule has 0 bridgehead atoms. The van der Waals surface area contributed by atoms with E-state index in [-0.39, 0.29) is 11.3 Å². The Morgan fingerprint density at radius 2 is 1.92 bits per heavy atom. The summed E-state index contributed by atoms with van der Waals surface area (Å²) in [6, 6.07) is 6.60. The van der Waals surface area contributed by atoms with Gasteiger partial charge in [-0.05, 0) is 37.5 Å². The second-order valence-corrected chi connectivity index (χ2v) is 7.93. The number of benzene rings is 1. The Balaban J connectivity index is 2.76. The Morgan fingerprint density at radius 3 is 2.50 bits per heavy atom. The minimum atomic E-state index is -3.73. The van der Waals surface area contributed by atoms with E-state index in [0.717, 1.165) is 24.1 Å². The Kier molecular flexibility index (Phi) is 7.10. The molecule has 0 saturated carbocycles. The standard InChI is InChI=1S/C17H26N2O4S/c1-13(19-11-6-4-5-10-16(20)21)17(2,3)14-8-7-9-15(12-14)24(18,22)23/h7-9,12H,4-6,10-11H2,1-3H3,(H,20,21)(H2,18,22,23)/b19-13+. The molecule has 1 rings (SSSR count). The van der Waals surface area contributed by atoms with Gasteiger partial charge in [-0.3, -0.25) is 9.79 Å². The fraction of sp³-hybridized carbons (Fsp3) is 0.529. The number of primary sulfonamides is 1. The van der Waals surface area contributed by atoms with Crippen molar-refractivity contribution in [1.82, 2.24) is 0 Å². The van der Waals surface area contributed by atoms with E-state index in [1.54, 1.807) is 12.1 Å². The predicted molar refractivity (Wildman–Crippen MR) is 94.9 cm³/mol. The van der Waals surface area contributed by atoms with E-state index in [1.165, 1.54) is 6.07 Å². The highest BCUT2D eigenvalue weighted by molar-refractivity contribution is 7.89. The van der Waals surface area contributed by atoms with Crippen LogP contribution in [0.15, 0.2) is 34.2 Å². The number of carboxylic acids is 1. The maximum Gasteiger partial charge on any atom is 0.303 e. The second kappa shape index (κ2) is 8.39. The molecule has 0 radical (unpaired) electrons. The fourth-order valence-corrected chi connectivity index (χ4v) is 2.84. The second-order valence-electron chi connectivity index (χ2n) is 6.37. The van der Waals surface area contributed by atoms with Crippen LogP contribution >= 0.6 is 0 Å². The van der Waals surface area contributed by atoms with Crippen LogP contribution in [-0.4, -0.2) is 31.8 Å². The molecule has 134 valence electrons. The van der Waals surface area contributed by atoms with Gasteiger partial charge in [0, 0.05) is 24.1 Å². The van der Waals surface area contributed by atoms with Crippen molar-refractivity contribution < 1.29 is 18.3 Å². The van der Waals surface area contributed by atoms with E-state index in [9.17, 15) is 13.2 Å². The molecule has 1 aromatic rings. The Hall–Kier alpha value is -1.73. The zero-order chi connectivity index (χ0) is 18.4. The monoisotopic (exact) mass is 354 g/mol. The summed E-state index contributed by atoms with van der Waals surface area (Å²) in [7, 11) is -3.73. The van der Waals surface area contributed by atoms with E-state index in [4.69, 9.17) is 10.2 Å². The SMILES string of the molecule is C/C(=N\CCCCCC(=O)O)C(C)(C)c1cccc(S(N)(=O)=O)c1. The van der Waals surface area contributed by atoms with Crippen molar-refractivity contribution in [3.8, 4) is 0 Å². The maximum absolute atomic E-state index is 11.5. The molecule has 0 fully saturated rings. The quantitative estimate of drug-likeness (QED) is 0.525. The van der Waals surface area contributed by atoms with Gasteiger partial charge in [-0.25, -0.2) is 13.6 Å². The lowest BCUT2D eigenvalue weighted by atomic mass is 9.80. The highest BCUT2D eigenvalue weighted by Gasteiger charge is 2.25. The number of nitrogens with zero attached hydrogens (tertiary/aromatic N) is 1. The van der Waals surface area contributed by atoms with Gasteiger partial charge in [0.15, 0.2) is 0 Å². The molecule has 0 aromatic heterocycles. The molecule has 1 aromatic carbocycles. The highest BCUT2D eigenvalue weighted by atomic mass is 32.2. The molecule has 0 aliphatic carbocycles. The Bertz CT molecular complexity index is 709. The van der Waals surface area contributed by atoms with Gasteiger partial charge >= 0.3 is 5.97 Å². The number of hydrogen-bond donors (Lipinski definition) is 2. The lowest BCUT2D eigenvalue weighted by molar-refractivity contribution is -0.137. The number of carboxylic acid groups (broad SMARTS) is 1. The molecule has 7 heteroatoms. The average Bonchev–Trinajstić information content (AvgIpc) is 2.49. The van der Waals surface area contributed by atoms with Crippen molar-refractivity contribution in [2.24, 2.45) is 10.1 Å². The first kappa shape index (κ1) is 20.3. The van der Waals surface area contributed by atoms with Crippen LogP contribution in [0.25, 0.3) is 0 Å². The normalized spacial score (nSPS) is 13.1. The Morgan fingerprint density at radius 1 is 1.25 bits per heavy atom. The summed E-state index contributed by atoms with van der Waals surface area (Å²) in [6.07, 6.45) is 2.50. The van der Waals surface area contributed by atoms with Crippen molar-refractivity contribution in [2.75, 3.05) is 6.54 Å². The van der Waals surface area contributed by atoms with Gasteiger partial charge in [-0.15, -0.1) is 0 Å². The van der Waals surface area contributed by atoms with Crippen LogP contribution in [-0.2, 0) is 20.2 Å². The van der Waals surface area contributed by atoms with Crippen LogP contribution in [0.2, 0.25) is 0 Å². The van der Waals surface area contributed by atoms with Gasteiger partial charge in [0.05, 0.1) is 4.90 Å². The van der Waals surface area contributed by atoms with Crippen LogP contribution < -0.4 is 5.14 Å². The first-order valence-corrected chi connectivity index (χ1v) is 9.46. The van der Waals surface area contributed by atoms with E-state index in [0.29, 0.717) is 13.0 Å². The largest absolute Gasteiger partial charge is 0.481 e. The maximum atomic E-state index is 11.5. The third-order valence-corrected chi connectivity index (χ3v) is 5.10. The summed E-state index contributed by atoms with van der Waals surface area (Å²) in [5.41, 5.74) is 1.32. The molecular weight excluding hydrogens is 328 g/mol. The smallest absolute Gasteiger partial charge is 0.303 e. The minimum Gasteiger partial charge on any atom is -0.481 e. The summed E-state index contributed by atoms with van der Waals surface area (Å²) in [6.45, 7) is 6.52. The number of aliphatic imine (C=N–C) groups is 1. The minimum absolute atomic E-state index is 0.0922. The van der Waals surface area contributed by atoms with Crippen LogP contribution in [0.5, 0.6) is 0 Å². The average molecular weight is 354 g/mol. The molecule has 0 saturated heterocycles. The van der Waals surface area contributed by atoms with E-state index in [2.05, 4.69) is 4.99 Å². The number of nitrogens with two attached hydrogens (primary N) is 1.